The van der Waals surface area contributed by atoms with Gasteiger partial charge in [-0.15, -0.1) is 11.3 Å². The molecular weight excluding hydrogens is 448 g/mol. The molecule has 1 aliphatic rings. The van der Waals surface area contributed by atoms with Crippen LogP contribution in [0.25, 0.3) is 10.2 Å². The number of carbonyl (C=O) groups is 2. The van der Waals surface area contributed by atoms with E-state index in [2.05, 4.69) is 24.1 Å². The fourth-order valence-corrected chi connectivity index (χ4v) is 5.58. The summed E-state index contributed by atoms with van der Waals surface area (Å²) in [5, 5.41) is 3.70. The van der Waals surface area contributed by atoms with Crippen LogP contribution in [0.15, 0.2) is 35.4 Å². The number of fused-ring (bicyclic) bond motifs is 1. The van der Waals surface area contributed by atoms with Gasteiger partial charge in [-0.05, 0) is 48.9 Å². The minimum Gasteiger partial charge on any atom is -0.341 e. The molecule has 1 N–H and O–H groups in total. The first-order chi connectivity index (χ1) is 15.2. The monoisotopic (exact) mass is 472 g/mol. The summed E-state index contributed by atoms with van der Waals surface area (Å²) >= 11 is 7.15. The van der Waals surface area contributed by atoms with E-state index in [-0.39, 0.29) is 23.9 Å². The lowest BCUT2D eigenvalue weighted by Crippen LogP contribution is -2.44. The van der Waals surface area contributed by atoms with E-state index in [9.17, 15) is 14.4 Å². The molecule has 9 heteroatoms. The van der Waals surface area contributed by atoms with Crippen molar-refractivity contribution in [3.8, 4) is 0 Å². The van der Waals surface area contributed by atoms with Gasteiger partial charge in [0.05, 0.1) is 16.6 Å². The van der Waals surface area contributed by atoms with Crippen LogP contribution in [0, 0.1) is 18.8 Å². The van der Waals surface area contributed by atoms with Crippen molar-refractivity contribution in [2.75, 3.05) is 18.4 Å². The second-order valence-electron chi connectivity index (χ2n) is 8.62. The molecular formula is C23H25ClN4O3S. The Kier molecular flexibility index (Phi) is 6.35. The zero-order chi connectivity index (χ0) is 23.0. The van der Waals surface area contributed by atoms with Crippen LogP contribution in [-0.2, 0) is 11.3 Å². The van der Waals surface area contributed by atoms with Gasteiger partial charge < -0.3 is 10.2 Å². The van der Waals surface area contributed by atoms with Gasteiger partial charge in [0, 0.05) is 23.8 Å². The maximum absolute atomic E-state index is 13.1. The minimum atomic E-state index is -0.328. The van der Waals surface area contributed by atoms with E-state index in [1.807, 2.05) is 4.90 Å². The van der Waals surface area contributed by atoms with E-state index in [0.717, 1.165) is 17.8 Å². The third kappa shape index (κ3) is 4.56. The maximum Gasteiger partial charge on any atom is 0.266 e. The Morgan fingerprint density at radius 3 is 2.66 bits per heavy atom. The van der Waals surface area contributed by atoms with Gasteiger partial charge in [0.1, 0.15) is 11.4 Å². The number of nitrogens with one attached hydrogen (secondary N) is 1. The average molecular weight is 473 g/mol. The van der Waals surface area contributed by atoms with Gasteiger partial charge in [-0.3, -0.25) is 19.0 Å². The number of amides is 2. The smallest absolute Gasteiger partial charge is 0.266 e. The van der Waals surface area contributed by atoms with Crippen LogP contribution in [0.1, 0.15) is 35.5 Å². The maximum atomic E-state index is 13.1. The molecule has 1 saturated heterocycles. The molecule has 4 rings (SSSR count). The van der Waals surface area contributed by atoms with Crippen molar-refractivity contribution in [2.24, 2.45) is 11.8 Å². The van der Waals surface area contributed by atoms with Crippen molar-refractivity contribution in [3.63, 3.8) is 0 Å². The molecule has 2 unspecified atom stereocenters. The number of aromatic nitrogens is 2. The number of anilines is 1. The Morgan fingerprint density at radius 1 is 1.25 bits per heavy atom. The van der Waals surface area contributed by atoms with Crippen molar-refractivity contribution in [2.45, 2.75) is 33.7 Å². The van der Waals surface area contributed by atoms with E-state index in [0.29, 0.717) is 56.3 Å². The molecule has 2 amide bonds. The number of likely N-dealkylation sites (tertiary alicyclic amines) is 1. The van der Waals surface area contributed by atoms with Gasteiger partial charge in [0.15, 0.2) is 0 Å². The summed E-state index contributed by atoms with van der Waals surface area (Å²) in [6.45, 7) is 7.37. The highest BCUT2D eigenvalue weighted by Crippen LogP contribution is 2.28. The Labute approximate surface area is 195 Å². The van der Waals surface area contributed by atoms with Crippen molar-refractivity contribution < 1.29 is 9.59 Å². The minimum absolute atomic E-state index is 0.0550. The summed E-state index contributed by atoms with van der Waals surface area (Å²) in [7, 11) is 0. The van der Waals surface area contributed by atoms with Crippen LogP contribution >= 0.6 is 22.9 Å². The second-order valence-corrected chi connectivity index (χ2v) is 10.1. The van der Waals surface area contributed by atoms with Gasteiger partial charge in [-0.1, -0.05) is 31.5 Å². The van der Waals surface area contributed by atoms with Crippen LogP contribution in [0.3, 0.4) is 0 Å². The van der Waals surface area contributed by atoms with E-state index >= 15 is 0 Å². The fourth-order valence-electron chi connectivity index (χ4n) is 4.35. The van der Waals surface area contributed by atoms with Crippen molar-refractivity contribution in [1.82, 2.24) is 14.5 Å². The van der Waals surface area contributed by atoms with Crippen LogP contribution in [-0.4, -0.2) is 39.4 Å². The number of rotatable bonds is 4. The quantitative estimate of drug-likeness (QED) is 0.617. The molecule has 0 spiro atoms. The number of piperidine rings is 1. The predicted octanol–water partition coefficient (Wildman–Crippen LogP) is 4.18. The molecule has 2 aromatic heterocycles. The summed E-state index contributed by atoms with van der Waals surface area (Å²) in [5.74, 6) is 0.476. The summed E-state index contributed by atoms with van der Waals surface area (Å²) in [5.41, 5.74) is 0.821. The predicted molar refractivity (Wildman–Crippen MR) is 128 cm³/mol. The normalized spacial score (nSPS) is 18.7. The lowest BCUT2D eigenvalue weighted by atomic mass is 9.92. The first kappa shape index (κ1) is 22.5. The lowest BCUT2D eigenvalue weighted by Gasteiger charge is -2.35. The van der Waals surface area contributed by atoms with Gasteiger partial charge in [-0.2, -0.15) is 0 Å². The number of carbonyl (C=O) groups excluding carboxylic acids is 2. The molecule has 7 nitrogen and oxygen atoms in total. The number of halogens is 1. The number of aryl methyl sites for hydroxylation is 1. The Balaban J connectivity index is 1.59. The number of hydrogen-bond donors (Lipinski definition) is 1. The number of hydrogen-bond acceptors (Lipinski definition) is 5. The molecule has 2 atom stereocenters. The molecule has 1 fully saturated rings. The summed E-state index contributed by atoms with van der Waals surface area (Å²) in [6.07, 6.45) is 2.50. The molecule has 3 heterocycles. The van der Waals surface area contributed by atoms with Crippen LogP contribution in [0.2, 0.25) is 5.02 Å². The molecule has 32 heavy (non-hydrogen) atoms. The zero-order valence-electron chi connectivity index (χ0n) is 18.2. The largest absolute Gasteiger partial charge is 0.341 e. The highest BCUT2D eigenvalue weighted by Gasteiger charge is 2.26. The summed E-state index contributed by atoms with van der Waals surface area (Å²) in [6, 6.07) is 6.87. The van der Waals surface area contributed by atoms with E-state index in [1.165, 1.54) is 10.9 Å². The molecule has 0 saturated carbocycles. The van der Waals surface area contributed by atoms with Crippen LogP contribution in [0.5, 0.6) is 0 Å². The Bertz CT molecular complexity index is 1240. The molecule has 1 aromatic carbocycles. The van der Waals surface area contributed by atoms with Gasteiger partial charge in [0.25, 0.3) is 11.5 Å². The van der Waals surface area contributed by atoms with Gasteiger partial charge >= 0.3 is 0 Å². The molecule has 3 aromatic rings. The topological polar surface area (TPSA) is 84.3 Å². The van der Waals surface area contributed by atoms with E-state index in [4.69, 9.17) is 11.6 Å². The third-order valence-electron chi connectivity index (χ3n) is 5.73. The summed E-state index contributed by atoms with van der Waals surface area (Å²) in [4.78, 5) is 45.9. The molecule has 0 aliphatic carbocycles. The number of nitrogens with zero attached hydrogens (tertiary/aromatic N) is 3. The van der Waals surface area contributed by atoms with Crippen molar-refractivity contribution >= 4 is 50.7 Å². The molecule has 0 radical (unpaired) electrons. The highest BCUT2D eigenvalue weighted by molar-refractivity contribution is 7.20. The second kappa shape index (κ2) is 9.03. The molecule has 168 valence electrons. The Hall–Kier alpha value is -2.71. The highest BCUT2D eigenvalue weighted by atomic mass is 35.5. The zero-order valence-corrected chi connectivity index (χ0v) is 19.8. The number of thiophene rings is 1. The van der Waals surface area contributed by atoms with Gasteiger partial charge in [-0.25, -0.2) is 4.98 Å². The lowest BCUT2D eigenvalue weighted by molar-refractivity contribution is -0.134. The van der Waals surface area contributed by atoms with Crippen LogP contribution < -0.4 is 10.9 Å². The first-order valence-corrected chi connectivity index (χ1v) is 11.8. The third-order valence-corrected chi connectivity index (χ3v) is 7.17. The van der Waals surface area contributed by atoms with Gasteiger partial charge in [0.2, 0.25) is 5.91 Å². The van der Waals surface area contributed by atoms with Crippen molar-refractivity contribution in [1.29, 1.82) is 0 Å². The Morgan fingerprint density at radius 2 is 1.97 bits per heavy atom. The SMILES string of the molecule is Cc1c(C(=O)Nc2cccc(Cl)c2)sc2ncn(CC(=O)N3CC(C)CC(C)C3)c(=O)c12. The van der Waals surface area contributed by atoms with E-state index < -0.39 is 0 Å². The summed E-state index contributed by atoms with van der Waals surface area (Å²) < 4.78 is 1.34. The first-order valence-electron chi connectivity index (χ1n) is 10.6. The average Bonchev–Trinajstić information content (AvgIpc) is 3.06. The standard InChI is InChI=1S/C23H25ClN4O3S/c1-13-7-14(2)10-27(9-13)18(29)11-28-12-25-22-19(23(28)31)15(3)20(32-22)21(30)26-17-6-4-5-16(24)8-17/h4-6,8,12-14H,7,9-11H2,1-3H3,(H,26,30). The fraction of sp³-hybridized carbons (Fsp3) is 0.391. The molecule has 1 aliphatic heterocycles. The number of benzene rings is 1. The van der Waals surface area contributed by atoms with Crippen LogP contribution in [0.4, 0.5) is 5.69 Å². The van der Waals surface area contributed by atoms with Crippen molar-refractivity contribution in [3.05, 3.63) is 56.4 Å². The molecule has 0 bridgehead atoms. The van der Waals surface area contributed by atoms with E-state index in [1.54, 1.807) is 31.2 Å².